The molecule has 4 rings (SSSR count). The Hall–Kier alpha value is -3.02. The minimum atomic E-state index is 0.0536. The first-order valence-electron chi connectivity index (χ1n) is 11.6. The number of nitrogens with zero attached hydrogens (tertiary/aromatic N) is 2. The van der Waals surface area contributed by atoms with Crippen molar-refractivity contribution in [3.63, 3.8) is 0 Å². The smallest absolute Gasteiger partial charge is 0.253 e. The van der Waals surface area contributed by atoms with Crippen LogP contribution in [-0.2, 0) is 0 Å². The van der Waals surface area contributed by atoms with Crippen LogP contribution in [0.5, 0.6) is 11.5 Å². The summed E-state index contributed by atoms with van der Waals surface area (Å²) in [6.45, 7) is 3.73. The number of hydrogen-bond donors (Lipinski definition) is 0. The van der Waals surface area contributed by atoms with Gasteiger partial charge >= 0.3 is 0 Å². The maximum absolute atomic E-state index is 12.9. The van der Waals surface area contributed by atoms with Crippen molar-refractivity contribution in [3.8, 4) is 11.5 Å². The zero-order valence-corrected chi connectivity index (χ0v) is 18.8. The zero-order valence-electron chi connectivity index (χ0n) is 18.8. The van der Waals surface area contributed by atoms with E-state index < -0.39 is 0 Å². The van der Waals surface area contributed by atoms with Gasteiger partial charge in [0, 0.05) is 43.2 Å². The third kappa shape index (κ3) is 5.42. The van der Waals surface area contributed by atoms with Crippen molar-refractivity contribution in [2.24, 2.45) is 5.92 Å². The molecule has 6 heteroatoms. The van der Waals surface area contributed by atoms with Gasteiger partial charge in [-0.05, 0) is 80.6 Å². The van der Waals surface area contributed by atoms with Crippen molar-refractivity contribution < 1.29 is 19.1 Å². The number of hydrogen-bond acceptors (Lipinski definition) is 4. The molecular formula is C26H32N2O4. The van der Waals surface area contributed by atoms with E-state index in [1.807, 2.05) is 58.3 Å². The fourth-order valence-electron chi connectivity index (χ4n) is 4.49. The molecule has 2 fully saturated rings. The summed E-state index contributed by atoms with van der Waals surface area (Å²) in [7, 11) is 1.62. The van der Waals surface area contributed by atoms with Crippen LogP contribution < -0.4 is 9.47 Å². The van der Waals surface area contributed by atoms with Gasteiger partial charge in [-0.2, -0.15) is 0 Å². The Bertz CT molecular complexity index is 904. The monoisotopic (exact) mass is 436 g/mol. The van der Waals surface area contributed by atoms with Gasteiger partial charge in [0.1, 0.15) is 11.5 Å². The van der Waals surface area contributed by atoms with Crippen molar-refractivity contribution in [3.05, 3.63) is 59.7 Å². The molecule has 0 aromatic heterocycles. The van der Waals surface area contributed by atoms with Gasteiger partial charge in [0.25, 0.3) is 11.8 Å². The molecule has 2 aliphatic rings. The van der Waals surface area contributed by atoms with Crippen LogP contribution in [-0.4, -0.2) is 61.5 Å². The molecule has 2 heterocycles. The largest absolute Gasteiger partial charge is 0.497 e. The fourth-order valence-corrected chi connectivity index (χ4v) is 4.49. The molecular weight excluding hydrogens is 404 g/mol. The van der Waals surface area contributed by atoms with Gasteiger partial charge in [-0.3, -0.25) is 9.59 Å². The summed E-state index contributed by atoms with van der Waals surface area (Å²) in [5, 5.41) is 0. The van der Waals surface area contributed by atoms with E-state index in [4.69, 9.17) is 9.47 Å². The highest BCUT2D eigenvalue weighted by Crippen LogP contribution is 2.22. The highest BCUT2D eigenvalue weighted by Gasteiger charge is 2.25. The van der Waals surface area contributed by atoms with Gasteiger partial charge in [0.2, 0.25) is 0 Å². The number of methoxy groups -OCH3 is 1. The van der Waals surface area contributed by atoms with E-state index in [0.29, 0.717) is 30.2 Å². The SMILES string of the molecule is COc1ccc(C(=O)N2CCCC(COc3ccc(C(=O)N4CCCCC4)cc3)C2)cc1. The Balaban J connectivity index is 1.28. The van der Waals surface area contributed by atoms with E-state index in [1.165, 1.54) is 6.42 Å². The Morgan fingerprint density at radius 1 is 0.781 bits per heavy atom. The molecule has 1 atom stereocenters. The van der Waals surface area contributed by atoms with Crippen molar-refractivity contribution in [2.75, 3.05) is 39.9 Å². The van der Waals surface area contributed by atoms with Crippen LogP contribution in [0, 0.1) is 5.92 Å². The number of likely N-dealkylation sites (tertiary alicyclic amines) is 2. The zero-order chi connectivity index (χ0) is 22.3. The van der Waals surface area contributed by atoms with Gasteiger partial charge in [0.15, 0.2) is 0 Å². The predicted octanol–water partition coefficient (Wildman–Crippen LogP) is 4.25. The van der Waals surface area contributed by atoms with Crippen molar-refractivity contribution >= 4 is 11.8 Å². The van der Waals surface area contributed by atoms with Crippen LogP contribution in [0.1, 0.15) is 52.8 Å². The summed E-state index contributed by atoms with van der Waals surface area (Å²) in [4.78, 5) is 29.3. The number of amides is 2. The maximum atomic E-state index is 12.9. The molecule has 2 aromatic rings. The second kappa shape index (κ2) is 10.5. The van der Waals surface area contributed by atoms with Crippen LogP contribution in [0.4, 0.5) is 0 Å². The van der Waals surface area contributed by atoms with Gasteiger partial charge in [0.05, 0.1) is 13.7 Å². The van der Waals surface area contributed by atoms with Crippen LogP contribution in [0.3, 0.4) is 0 Å². The van der Waals surface area contributed by atoms with E-state index in [9.17, 15) is 9.59 Å². The Morgan fingerprint density at radius 2 is 1.34 bits per heavy atom. The molecule has 2 aromatic carbocycles. The molecule has 0 saturated carbocycles. The summed E-state index contributed by atoms with van der Waals surface area (Å²) in [5.41, 5.74) is 1.40. The molecule has 6 nitrogen and oxygen atoms in total. The lowest BCUT2D eigenvalue weighted by atomic mass is 9.98. The lowest BCUT2D eigenvalue weighted by Gasteiger charge is -2.32. The van der Waals surface area contributed by atoms with Crippen LogP contribution in [0.15, 0.2) is 48.5 Å². The summed E-state index contributed by atoms with van der Waals surface area (Å²) in [5.74, 6) is 1.96. The van der Waals surface area contributed by atoms with E-state index in [0.717, 1.165) is 56.8 Å². The molecule has 170 valence electrons. The summed E-state index contributed by atoms with van der Waals surface area (Å²) in [6.07, 6.45) is 5.40. The first-order chi connectivity index (χ1) is 15.6. The van der Waals surface area contributed by atoms with E-state index in [2.05, 4.69) is 0 Å². The minimum Gasteiger partial charge on any atom is -0.497 e. The predicted molar refractivity (Wildman–Crippen MR) is 123 cm³/mol. The normalized spacial score (nSPS) is 18.8. The second-order valence-electron chi connectivity index (χ2n) is 8.68. The van der Waals surface area contributed by atoms with E-state index in [1.54, 1.807) is 7.11 Å². The molecule has 0 radical (unpaired) electrons. The highest BCUT2D eigenvalue weighted by molar-refractivity contribution is 5.95. The molecule has 32 heavy (non-hydrogen) atoms. The van der Waals surface area contributed by atoms with Gasteiger partial charge < -0.3 is 19.3 Å². The molecule has 2 aliphatic heterocycles. The fraction of sp³-hybridized carbons (Fsp3) is 0.462. The van der Waals surface area contributed by atoms with Crippen LogP contribution >= 0.6 is 0 Å². The van der Waals surface area contributed by atoms with Gasteiger partial charge in [-0.1, -0.05) is 0 Å². The van der Waals surface area contributed by atoms with Crippen molar-refractivity contribution in [1.29, 1.82) is 0 Å². The number of ether oxygens (including phenoxy) is 2. The van der Waals surface area contributed by atoms with Gasteiger partial charge in [-0.25, -0.2) is 0 Å². The molecule has 0 bridgehead atoms. The van der Waals surface area contributed by atoms with Crippen molar-refractivity contribution in [1.82, 2.24) is 9.80 Å². The molecule has 0 aliphatic carbocycles. The standard InChI is InChI=1S/C26H32N2O4/c1-31-23-11-7-22(8-12-23)26(30)28-17-5-6-20(18-28)19-32-24-13-9-21(10-14-24)25(29)27-15-3-2-4-16-27/h7-14,20H,2-6,15-19H2,1H3. The molecule has 2 amide bonds. The minimum absolute atomic E-state index is 0.0536. The average Bonchev–Trinajstić information content (AvgIpc) is 2.87. The topological polar surface area (TPSA) is 59.1 Å². The maximum Gasteiger partial charge on any atom is 0.253 e. The summed E-state index contributed by atoms with van der Waals surface area (Å²) >= 11 is 0. The highest BCUT2D eigenvalue weighted by atomic mass is 16.5. The lowest BCUT2D eigenvalue weighted by molar-refractivity contribution is 0.0633. The Labute approximate surface area is 190 Å². The molecule has 0 N–H and O–H groups in total. The van der Waals surface area contributed by atoms with E-state index >= 15 is 0 Å². The summed E-state index contributed by atoms with van der Waals surface area (Å²) in [6, 6.07) is 14.7. The Morgan fingerprint density at radius 3 is 1.97 bits per heavy atom. The van der Waals surface area contributed by atoms with Crippen molar-refractivity contribution in [2.45, 2.75) is 32.1 Å². The second-order valence-corrected chi connectivity index (χ2v) is 8.68. The van der Waals surface area contributed by atoms with Gasteiger partial charge in [-0.15, -0.1) is 0 Å². The molecule has 1 unspecified atom stereocenters. The number of carbonyl (C=O) groups is 2. The number of rotatable bonds is 6. The third-order valence-electron chi connectivity index (χ3n) is 6.37. The van der Waals surface area contributed by atoms with Crippen LogP contribution in [0.25, 0.3) is 0 Å². The van der Waals surface area contributed by atoms with E-state index in [-0.39, 0.29) is 11.8 Å². The lowest BCUT2D eigenvalue weighted by Crippen LogP contribution is -2.41. The first kappa shape index (κ1) is 22.2. The molecule has 0 spiro atoms. The van der Waals surface area contributed by atoms with Crippen LogP contribution in [0.2, 0.25) is 0 Å². The average molecular weight is 437 g/mol. The summed E-state index contributed by atoms with van der Waals surface area (Å²) < 4.78 is 11.2. The number of benzene rings is 2. The Kier molecular flexibility index (Phi) is 7.30. The third-order valence-corrected chi connectivity index (χ3v) is 6.37. The number of carbonyl (C=O) groups excluding carboxylic acids is 2. The molecule has 2 saturated heterocycles. The number of piperidine rings is 2. The quantitative estimate of drug-likeness (QED) is 0.679. The first-order valence-corrected chi connectivity index (χ1v) is 11.6.